The smallest absolute Gasteiger partial charge is 0.256 e. The average molecular weight is 395 g/mol. The van der Waals surface area contributed by atoms with Crippen molar-refractivity contribution in [2.45, 2.75) is 6.92 Å². The lowest BCUT2D eigenvalue weighted by Crippen LogP contribution is -2.14. The minimum atomic E-state index is -0.126. The molecule has 1 N–H and O–H groups in total. The van der Waals surface area contributed by atoms with Gasteiger partial charge >= 0.3 is 0 Å². The molecule has 1 heterocycles. The maximum atomic E-state index is 12.4. The minimum Gasteiger partial charge on any atom is -0.320 e. The summed E-state index contributed by atoms with van der Waals surface area (Å²) < 4.78 is 9.38. The van der Waals surface area contributed by atoms with Crippen LogP contribution in [-0.2, 0) is 0 Å². The number of rotatable bonds is 2. The molecule has 1 amide bonds. The average Bonchev–Trinajstić information content (AvgIpc) is 2.91. The van der Waals surface area contributed by atoms with Crippen LogP contribution in [0.25, 0.3) is 11.0 Å². The van der Waals surface area contributed by atoms with Gasteiger partial charge in [-0.15, -0.1) is 0 Å². The van der Waals surface area contributed by atoms with E-state index in [2.05, 4.69) is 36.7 Å². The highest BCUT2D eigenvalue weighted by atomic mass is 127. The van der Waals surface area contributed by atoms with Crippen LogP contribution in [0.5, 0.6) is 0 Å². The molecule has 0 spiro atoms. The number of carbonyl (C=O) groups is 1. The van der Waals surface area contributed by atoms with E-state index in [1.807, 2.05) is 43.3 Å². The summed E-state index contributed by atoms with van der Waals surface area (Å²) in [5.41, 5.74) is 3.92. The zero-order valence-electron chi connectivity index (χ0n) is 10.6. The van der Waals surface area contributed by atoms with Crippen molar-refractivity contribution in [1.82, 2.24) is 8.75 Å². The molecule has 0 saturated carbocycles. The number of anilines is 1. The molecule has 100 valence electrons. The number of aryl methyl sites for hydroxylation is 1. The second-order valence-corrected chi connectivity index (χ2v) is 6.01. The molecule has 0 atom stereocenters. The van der Waals surface area contributed by atoms with E-state index in [1.54, 1.807) is 0 Å². The van der Waals surface area contributed by atoms with E-state index < -0.39 is 0 Å². The highest BCUT2D eigenvalue weighted by molar-refractivity contribution is 14.1. The van der Waals surface area contributed by atoms with Crippen molar-refractivity contribution in [1.29, 1.82) is 0 Å². The second kappa shape index (κ2) is 5.45. The molecule has 0 unspecified atom stereocenters. The third-order valence-corrected chi connectivity index (χ3v) is 4.48. The summed E-state index contributed by atoms with van der Waals surface area (Å²) in [6.45, 7) is 1.95. The molecule has 0 aliphatic rings. The number of hydrogen-bond acceptors (Lipinski definition) is 4. The number of fused-ring (bicyclic) bond motifs is 1. The first-order chi connectivity index (χ1) is 9.66. The minimum absolute atomic E-state index is 0.126. The van der Waals surface area contributed by atoms with Crippen LogP contribution in [0.4, 0.5) is 5.69 Å². The lowest BCUT2D eigenvalue weighted by molar-refractivity contribution is 0.102. The lowest BCUT2D eigenvalue weighted by atomic mass is 10.1. The molecular weight excluding hydrogens is 385 g/mol. The summed E-state index contributed by atoms with van der Waals surface area (Å²) in [5.74, 6) is -0.126. The standard InChI is InChI=1S/C14H10IN3OS/c1-8-6-7-11-13(18-20-17-11)12(8)16-14(19)9-4-2-3-5-10(9)15/h2-7H,1H3,(H,16,19). The van der Waals surface area contributed by atoms with Crippen LogP contribution in [0.3, 0.4) is 0 Å². The molecule has 20 heavy (non-hydrogen) atoms. The zero-order valence-corrected chi connectivity index (χ0v) is 13.5. The number of nitrogens with one attached hydrogen (secondary N) is 1. The van der Waals surface area contributed by atoms with Gasteiger partial charge in [-0.2, -0.15) is 8.75 Å². The first-order valence-corrected chi connectivity index (χ1v) is 7.75. The van der Waals surface area contributed by atoms with Crippen molar-refractivity contribution >= 4 is 56.9 Å². The Labute approximate surface area is 133 Å². The van der Waals surface area contributed by atoms with E-state index in [-0.39, 0.29) is 5.91 Å². The van der Waals surface area contributed by atoms with E-state index in [0.717, 1.165) is 37.6 Å². The molecule has 0 saturated heterocycles. The predicted octanol–water partition coefficient (Wildman–Crippen LogP) is 3.86. The van der Waals surface area contributed by atoms with Crippen LogP contribution in [0.1, 0.15) is 15.9 Å². The van der Waals surface area contributed by atoms with Gasteiger partial charge in [0.05, 0.1) is 23.0 Å². The Bertz CT molecular complexity index is 800. The normalized spacial score (nSPS) is 10.7. The Morgan fingerprint density at radius 1 is 1.20 bits per heavy atom. The van der Waals surface area contributed by atoms with Gasteiger partial charge < -0.3 is 5.32 Å². The Kier molecular flexibility index (Phi) is 3.66. The highest BCUT2D eigenvalue weighted by Gasteiger charge is 2.14. The van der Waals surface area contributed by atoms with E-state index in [0.29, 0.717) is 5.56 Å². The SMILES string of the molecule is Cc1ccc2nsnc2c1NC(=O)c1ccccc1I. The Hall–Kier alpha value is -1.54. The van der Waals surface area contributed by atoms with Crippen molar-refractivity contribution in [2.75, 3.05) is 5.32 Å². The van der Waals surface area contributed by atoms with Crippen LogP contribution in [0, 0.1) is 10.5 Å². The van der Waals surface area contributed by atoms with E-state index in [1.165, 1.54) is 0 Å². The first-order valence-electron chi connectivity index (χ1n) is 5.94. The predicted molar refractivity (Wildman–Crippen MR) is 89.3 cm³/mol. The number of aromatic nitrogens is 2. The van der Waals surface area contributed by atoms with Crippen LogP contribution in [0.2, 0.25) is 0 Å². The lowest BCUT2D eigenvalue weighted by Gasteiger charge is -2.09. The van der Waals surface area contributed by atoms with Crippen LogP contribution >= 0.6 is 34.3 Å². The molecule has 0 aliphatic heterocycles. The van der Waals surface area contributed by atoms with Crippen LogP contribution in [-0.4, -0.2) is 14.7 Å². The molecule has 0 bridgehead atoms. The number of amides is 1. The summed E-state index contributed by atoms with van der Waals surface area (Å²) in [4.78, 5) is 12.4. The van der Waals surface area contributed by atoms with Crippen molar-refractivity contribution < 1.29 is 4.79 Å². The third kappa shape index (κ3) is 2.40. The van der Waals surface area contributed by atoms with E-state index >= 15 is 0 Å². The largest absolute Gasteiger partial charge is 0.320 e. The Morgan fingerprint density at radius 3 is 2.80 bits per heavy atom. The van der Waals surface area contributed by atoms with Gasteiger partial charge in [0.15, 0.2) is 0 Å². The fourth-order valence-corrected chi connectivity index (χ4v) is 3.11. The van der Waals surface area contributed by atoms with Crippen molar-refractivity contribution in [3.63, 3.8) is 0 Å². The number of halogens is 1. The Morgan fingerprint density at radius 2 is 2.00 bits per heavy atom. The molecule has 3 aromatic rings. The number of hydrogen-bond donors (Lipinski definition) is 1. The summed E-state index contributed by atoms with van der Waals surface area (Å²) in [7, 11) is 0. The first kappa shape index (κ1) is 13.4. The maximum Gasteiger partial charge on any atom is 0.256 e. The molecule has 0 aliphatic carbocycles. The number of nitrogens with zero attached hydrogens (tertiary/aromatic N) is 2. The quantitative estimate of drug-likeness (QED) is 0.671. The summed E-state index contributed by atoms with van der Waals surface area (Å²) in [5, 5.41) is 2.96. The Balaban J connectivity index is 2.01. The zero-order chi connectivity index (χ0) is 14.1. The molecule has 0 radical (unpaired) electrons. The topological polar surface area (TPSA) is 54.9 Å². The molecule has 4 nitrogen and oxygen atoms in total. The van der Waals surface area contributed by atoms with E-state index in [4.69, 9.17) is 0 Å². The van der Waals surface area contributed by atoms with Gasteiger partial charge in [0.25, 0.3) is 5.91 Å². The van der Waals surface area contributed by atoms with Gasteiger partial charge in [0, 0.05) is 3.57 Å². The van der Waals surface area contributed by atoms with Crippen LogP contribution < -0.4 is 5.32 Å². The van der Waals surface area contributed by atoms with Crippen LogP contribution in [0.15, 0.2) is 36.4 Å². The number of carbonyl (C=O) groups excluding carboxylic acids is 1. The van der Waals surface area contributed by atoms with Gasteiger partial charge in [-0.1, -0.05) is 18.2 Å². The molecule has 3 rings (SSSR count). The summed E-state index contributed by atoms with van der Waals surface area (Å²) in [6, 6.07) is 11.3. The van der Waals surface area contributed by atoms with Crippen molar-refractivity contribution in [2.24, 2.45) is 0 Å². The van der Waals surface area contributed by atoms with Gasteiger partial charge in [-0.3, -0.25) is 4.79 Å². The summed E-state index contributed by atoms with van der Waals surface area (Å²) in [6.07, 6.45) is 0. The fourth-order valence-electron chi connectivity index (χ4n) is 1.94. The van der Waals surface area contributed by atoms with Gasteiger partial charge in [0.1, 0.15) is 11.0 Å². The van der Waals surface area contributed by atoms with Gasteiger partial charge in [-0.05, 0) is 53.3 Å². The third-order valence-electron chi connectivity index (χ3n) is 2.99. The van der Waals surface area contributed by atoms with Gasteiger partial charge in [0.2, 0.25) is 0 Å². The van der Waals surface area contributed by atoms with Crippen molar-refractivity contribution in [3.8, 4) is 0 Å². The number of benzene rings is 2. The van der Waals surface area contributed by atoms with Gasteiger partial charge in [-0.25, -0.2) is 0 Å². The molecule has 6 heteroatoms. The highest BCUT2D eigenvalue weighted by Crippen LogP contribution is 2.26. The monoisotopic (exact) mass is 395 g/mol. The molecular formula is C14H10IN3OS. The molecule has 2 aromatic carbocycles. The second-order valence-electron chi connectivity index (χ2n) is 4.32. The maximum absolute atomic E-state index is 12.4. The fraction of sp³-hybridized carbons (Fsp3) is 0.0714. The van der Waals surface area contributed by atoms with E-state index in [9.17, 15) is 4.79 Å². The summed E-state index contributed by atoms with van der Waals surface area (Å²) >= 11 is 3.31. The van der Waals surface area contributed by atoms with Crippen molar-refractivity contribution in [3.05, 3.63) is 51.1 Å². The molecule has 0 fully saturated rings. The molecule has 1 aromatic heterocycles.